The lowest BCUT2D eigenvalue weighted by Crippen LogP contribution is -2.47. The van der Waals surface area contributed by atoms with Gasteiger partial charge in [0.25, 0.3) is 0 Å². The molecule has 0 amide bonds. The molecule has 2 aliphatic heterocycles. The van der Waals surface area contributed by atoms with E-state index in [1.165, 1.54) is 22.9 Å². The summed E-state index contributed by atoms with van der Waals surface area (Å²) in [5, 5.41) is 5.88. The second-order valence-electron chi connectivity index (χ2n) is 7.15. The minimum atomic E-state index is -0.482. The van der Waals surface area contributed by atoms with Crippen molar-refractivity contribution in [2.45, 2.75) is 36.6 Å². The van der Waals surface area contributed by atoms with Gasteiger partial charge in [-0.15, -0.1) is 11.8 Å². The van der Waals surface area contributed by atoms with Crippen molar-refractivity contribution >= 4 is 35.7 Å². The zero-order chi connectivity index (χ0) is 18.1. The van der Waals surface area contributed by atoms with Crippen LogP contribution in [0, 0.1) is 5.92 Å². The first kappa shape index (κ1) is 17.6. The van der Waals surface area contributed by atoms with Gasteiger partial charge < -0.3 is 10.1 Å². The van der Waals surface area contributed by atoms with E-state index in [9.17, 15) is 14.4 Å². The molecule has 26 heavy (non-hydrogen) atoms. The van der Waals surface area contributed by atoms with Crippen LogP contribution in [0.15, 0.2) is 29.8 Å². The molecule has 1 aromatic carbocycles. The molecule has 3 aliphatic rings. The van der Waals surface area contributed by atoms with Crippen LogP contribution in [0.25, 0.3) is 6.08 Å². The molecular weight excluding hydrogens is 348 g/mol. The van der Waals surface area contributed by atoms with Crippen LogP contribution in [0.1, 0.15) is 24.0 Å². The summed E-state index contributed by atoms with van der Waals surface area (Å²) in [7, 11) is 0. The Morgan fingerprint density at radius 2 is 2.08 bits per heavy atom. The summed E-state index contributed by atoms with van der Waals surface area (Å²) in [6.07, 6.45) is 4.77. The maximum atomic E-state index is 12.9. The van der Waals surface area contributed by atoms with Gasteiger partial charge in [0.15, 0.2) is 11.6 Å². The van der Waals surface area contributed by atoms with E-state index in [0.29, 0.717) is 25.3 Å². The van der Waals surface area contributed by atoms with Gasteiger partial charge in [0.05, 0.1) is 17.3 Å². The van der Waals surface area contributed by atoms with Crippen LogP contribution in [0.4, 0.5) is 0 Å². The normalized spacial score (nSPS) is 30.1. The fraction of sp³-hybridized carbons (Fsp3) is 0.450. The molecule has 2 unspecified atom stereocenters. The van der Waals surface area contributed by atoms with Gasteiger partial charge in [0, 0.05) is 18.2 Å². The monoisotopic (exact) mass is 370 g/mol. The number of allylic oxidation sites excluding steroid dienone is 1. The van der Waals surface area contributed by atoms with E-state index < -0.39 is 12.1 Å². The molecule has 6 heteroatoms. The lowest BCUT2D eigenvalue weighted by atomic mass is 9.88. The summed E-state index contributed by atoms with van der Waals surface area (Å²) in [5.41, 5.74) is 3.56. The third kappa shape index (κ3) is 3.29. The standard InChI is InChI=1S/C20H22N2O3S/c23-10-16-15(5-6-21-16)19(25)18-20(26-11-22-18)17(24)9-12-7-13-3-1-2-4-14(13)8-12/h1-4,7,10,15-16,18,20-22H,5-6,8-9,11H2/t15?,16-,18-,20?/m1/s1. The topological polar surface area (TPSA) is 75.3 Å². The zero-order valence-electron chi connectivity index (χ0n) is 14.4. The molecule has 4 atom stereocenters. The average Bonchev–Trinajstić information content (AvgIpc) is 3.38. The molecule has 0 aromatic heterocycles. The molecular formula is C20H22N2O3S. The van der Waals surface area contributed by atoms with Crippen molar-refractivity contribution in [2.24, 2.45) is 5.92 Å². The van der Waals surface area contributed by atoms with Gasteiger partial charge in [0.1, 0.15) is 6.29 Å². The molecule has 2 N–H and O–H groups in total. The highest BCUT2D eigenvalue weighted by Crippen LogP contribution is 2.32. The number of benzene rings is 1. The Morgan fingerprint density at radius 1 is 1.23 bits per heavy atom. The lowest BCUT2D eigenvalue weighted by Gasteiger charge is -2.21. The summed E-state index contributed by atoms with van der Waals surface area (Å²) in [5.74, 6) is 0.372. The van der Waals surface area contributed by atoms with Crippen molar-refractivity contribution in [3.8, 4) is 0 Å². The molecule has 1 aromatic rings. The summed E-state index contributed by atoms with van der Waals surface area (Å²) < 4.78 is 0. The van der Waals surface area contributed by atoms with Gasteiger partial charge in [-0.05, 0) is 30.5 Å². The number of fused-ring (bicyclic) bond motifs is 1. The van der Waals surface area contributed by atoms with E-state index >= 15 is 0 Å². The van der Waals surface area contributed by atoms with Crippen LogP contribution in [0.5, 0.6) is 0 Å². The molecule has 0 saturated carbocycles. The van der Waals surface area contributed by atoms with E-state index in [0.717, 1.165) is 18.3 Å². The van der Waals surface area contributed by atoms with Crippen molar-refractivity contribution < 1.29 is 14.4 Å². The van der Waals surface area contributed by atoms with Gasteiger partial charge >= 0.3 is 0 Å². The Labute approximate surface area is 157 Å². The number of rotatable bonds is 6. The SMILES string of the molecule is O=C[C@H]1NCCC1C(=O)[C@H]1NCSC1C(=O)CC1=Cc2ccccc2C1. The largest absolute Gasteiger partial charge is 0.307 e. The van der Waals surface area contributed by atoms with Crippen LogP contribution in [-0.4, -0.2) is 47.6 Å². The first-order valence-electron chi connectivity index (χ1n) is 9.05. The van der Waals surface area contributed by atoms with E-state index in [2.05, 4.69) is 28.8 Å². The Bertz CT molecular complexity index is 776. The molecule has 0 spiro atoms. The highest BCUT2D eigenvalue weighted by atomic mass is 32.2. The number of hydrogen-bond donors (Lipinski definition) is 2. The Hall–Kier alpha value is -1.76. The molecule has 4 rings (SSSR count). The molecule has 2 saturated heterocycles. The number of aldehydes is 1. The van der Waals surface area contributed by atoms with Crippen molar-refractivity contribution in [2.75, 3.05) is 12.4 Å². The minimum Gasteiger partial charge on any atom is -0.307 e. The van der Waals surface area contributed by atoms with Gasteiger partial charge in [0.2, 0.25) is 0 Å². The van der Waals surface area contributed by atoms with E-state index in [1.54, 1.807) is 0 Å². The highest BCUT2D eigenvalue weighted by Gasteiger charge is 2.44. The summed E-state index contributed by atoms with van der Waals surface area (Å²) in [6, 6.07) is 7.28. The molecule has 5 nitrogen and oxygen atoms in total. The number of ketones is 2. The van der Waals surface area contributed by atoms with Crippen molar-refractivity contribution in [3.63, 3.8) is 0 Å². The van der Waals surface area contributed by atoms with Crippen LogP contribution >= 0.6 is 11.8 Å². The maximum Gasteiger partial charge on any atom is 0.156 e. The van der Waals surface area contributed by atoms with Gasteiger partial charge in [-0.1, -0.05) is 35.9 Å². The smallest absolute Gasteiger partial charge is 0.156 e. The van der Waals surface area contributed by atoms with E-state index in [-0.39, 0.29) is 22.7 Å². The number of Topliss-reactive ketones (excluding diaryl/α,β-unsaturated/α-hetero) is 2. The summed E-state index contributed by atoms with van der Waals surface area (Å²) >= 11 is 1.50. The Morgan fingerprint density at radius 3 is 2.88 bits per heavy atom. The number of carbonyl (C=O) groups excluding carboxylic acids is 3. The molecule has 136 valence electrons. The van der Waals surface area contributed by atoms with Crippen LogP contribution < -0.4 is 10.6 Å². The Balaban J connectivity index is 1.43. The van der Waals surface area contributed by atoms with Crippen LogP contribution in [0.3, 0.4) is 0 Å². The summed E-state index contributed by atoms with van der Waals surface area (Å²) in [6.45, 7) is 0.670. The first-order chi connectivity index (χ1) is 12.7. The molecule has 0 bridgehead atoms. The molecule has 2 fully saturated rings. The van der Waals surface area contributed by atoms with Gasteiger partial charge in [-0.25, -0.2) is 0 Å². The minimum absolute atomic E-state index is 0.000798. The quantitative estimate of drug-likeness (QED) is 0.737. The summed E-state index contributed by atoms with van der Waals surface area (Å²) in [4.78, 5) is 37.0. The highest BCUT2D eigenvalue weighted by molar-refractivity contribution is 8.00. The molecule has 2 heterocycles. The number of carbonyl (C=O) groups is 3. The number of hydrogen-bond acceptors (Lipinski definition) is 6. The van der Waals surface area contributed by atoms with Gasteiger partial charge in [-0.3, -0.25) is 14.9 Å². The van der Waals surface area contributed by atoms with Gasteiger partial charge in [-0.2, -0.15) is 0 Å². The second kappa shape index (κ2) is 7.47. The zero-order valence-corrected chi connectivity index (χ0v) is 15.3. The van der Waals surface area contributed by atoms with Crippen molar-refractivity contribution in [1.29, 1.82) is 0 Å². The molecule has 0 radical (unpaired) electrons. The maximum absolute atomic E-state index is 12.9. The molecule has 1 aliphatic carbocycles. The third-order valence-corrected chi connectivity index (χ3v) is 6.73. The lowest BCUT2D eigenvalue weighted by molar-refractivity contribution is -0.129. The van der Waals surface area contributed by atoms with E-state index in [4.69, 9.17) is 0 Å². The first-order valence-corrected chi connectivity index (χ1v) is 10.1. The number of nitrogens with one attached hydrogen (secondary N) is 2. The predicted molar refractivity (Wildman–Crippen MR) is 102 cm³/mol. The number of thioether (sulfide) groups is 1. The average molecular weight is 370 g/mol. The van der Waals surface area contributed by atoms with Crippen molar-refractivity contribution in [1.82, 2.24) is 10.6 Å². The van der Waals surface area contributed by atoms with Crippen LogP contribution in [0.2, 0.25) is 0 Å². The van der Waals surface area contributed by atoms with Crippen molar-refractivity contribution in [3.05, 3.63) is 41.0 Å². The Kier molecular flexibility index (Phi) is 5.07. The van der Waals surface area contributed by atoms with Crippen LogP contribution in [-0.2, 0) is 20.8 Å². The fourth-order valence-corrected chi connectivity index (χ4v) is 5.32. The fourth-order valence-electron chi connectivity index (χ4n) is 4.17. The van der Waals surface area contributed by atoms with E-state index in [1.807, 2.05) is 12.1 Å². The second-order valence-corrected chi connectivity index (χ2v) is 8.28. The third-order valence-electron chi connectivity index (χ3n) is 5.51. The predicted octanol–water partition coefficient (Wildman–Crippen LogP) is 1.36.